The molecule has 118 valence electrons. The number of nitrogens with one attached hydrogen (secondary N) is 1. The molecule has 5 rings (SSSR count). The normalized spacial score (nSPS) is 18.2. The average Bonchev–Trinajstić information content (AvgIpc) is 3.28. The Kier molecular flexibility index (Phi) is 2.56. The van der Waals surface area contributed by atoms with Crippen molar-refractivity contribution in [3.05, 3.63) is 41.9 Å². The van der Waals surface area contributed by atoms with Crippen molar-refractivity contribution in [3.8, 4) is 0 Å². The average molecular weight is 318 g/mol. The molecule has 0 unspecified atom stereocenters. The highest BCUT2D eigenvalue weighted by atomic mass is 16.2. The van der Waals surface area contributed by atoms with Crippen molar-refractivity contribution >= 4 is 40.1 Å². The number of nitrogen functional groups attached to an aromatic ring is 1. The molecule has 1 fully saturated rings. The molecule has 1 aliphatic carbocycles. The molecule has 0 saturated heterocycles. The monoisotopic (exact) mass is 318 g/mol. The Morgan fingerprint density at radius 1 is 1.25 bits per heavy atom. The molecular formula is C17H14N6O. The Hall–Kier alpha value is -3.22. The summed E-state index contributed by atoms with van der Waals surface area (Å²) in [5.74, 6) is 0.242. The summed E-state index contributed by atoms with van der Waals surface area (Å²) in [5.41, 5.74) is 9.68. The third-order valence-corrected chi connectivity index (χ3v) is 4.43. The number of hydrogen-bond donors (Lipinski definition) is 2. The number of aromatic nitrogens is 4. The lowest BCUT2D eigenvalue weighted by Gasteiger charge is -1.98. The Morgan fingerprint density at radius 3 is 2.92 bits per heavy atom. The zero-order chi connectivity index (χ0) is 16.3. The number of rotatable bonds is 2. The number of hydrogen-bond acceptors (Lipinski definition) is 5. The molecule has 1 aliphatic heterocycles. The molecule has 1 aromatic carbocycles. The number of fused-ring (bicyclic) bond motifs is 2. The van der Waals surface area contributed by atoms with E-state index in [1.165, 1.54) is 6.33 Å². The van der Waals surface area contributed by atoms with Crippen LogP contribution >= 0.6 is 0 Å². The van der Waals surface area contributed by atoms with E-state index >= 15 is 0 Å². The Morgan fingerprint density at radius 2 is 2.08 bits per heavy atom. The molecule has 3 aromatic rings. The number of carbonyl (C=O) groups excluding carboxylic acids is 1. The highest BCUT2D eigenvalue weighted by Crippen LogP contribution is 2.39. The molecule has 0 bridgehead atoms. The van der Waals surface area contributed by atoms with Gasteiger partial charge in [0.2, 0.25) is 0 Å². The minimum atomic E-state index is -0.138. The van der Waals surface area contributed by atoms with Gasteiger partial charge in [-0.25, -0.2) is 14.6 Å². The van der Waals surface area contributed by atoms with Gasteiger partial charge in [0.15, 0.2) is 5.65 Å². The van der Waals surface area contributed by atoms with Gasteiger partial charge in [-0.05, 0) is 25.0 Å². The van der Waals surface area contributed by atoms with Crippen LogP contribution in [0.25, 0.3) is 22.7 Å². The summed E-state index contributed by atoms with van der Waals surface area (Å²) in [6.07, 6.45) is 5.40. The van der Waals surface area contributed by atoms with Gasteiger partial charge in [0, 0.05) is 11.3 Å². The lowest BCUT2D eigenvalue weighted by molar-refractivity contribution is -0.110. The number of nitrogens with zero attached hydrogens (tertiary/aromatic N) is 4. The molecule has 2 aromatic heterocycles. The smallest absolute Gasteiger partial charge is 0.256 e. The number of nitrogens with two attached hydrogens (primary N) is 1. The maximum atomic E-state index is 12.3. The summed E-state index contributed by atoms with van der Waals surface area (Å²) in [6, 6.07) is 7.96. The van der Waals surface area contributed by atoms with Gasteiger partial charge < -0.3 is 11.1 Å². The van der Waals surface area contributed by atoms with Crippen molar-refractivity contribution in [3.63, 3.8) is 0 Å². The number of carbonyl (C=O) groups is 1. The fourth-order valence-corrected chi connectivity index (χ4v) is 3.12. The van der Waals surface area contributed by atoms with Crippen molar-refractivity contribution in [2.75, 3.05) is 11.1 Å². The third kappa shape index (κ3) is 1.84. The first-order valence-electron chi connectivity index (χ1n) is 7.83. The maximum absolute atomic E-state index is 12.3. The molecule has 1 saturated carbocycles. The lowest BCUT2D eigenvalue weighted by Crippen LogP contribution is -2.03. The third-order valence-electron chi connectivity index (χ3n) is 4.43. The predicted molar refractivity (Wildman–Crippen MR) is 90.9 cm³/mol. The van der Waals surface area contributed by atoms with Crippen LogP contribution in [0, 0.1) is 0 Å². The van der Waals surface area contributed by atoms with E-state index in [4.69, 9.17) is 5.73 Å². The molecule has 3 heterocycles. The highest BCUT2D eigenvalue weighted by molar-refractivity contribution is 6.35. The molecule has 24 heavy (non-hydrogen) atoms. The second kappa shape index (κ2) is 4.64. The Bertz CT molecular complexity index is 1030. The SMILES string of the molecule is Nc1ncnc2c1c(/C=C1/C(=O)Nc3ccccc31)nn2C1CC1. The van der Waals surface area contributed by atoms with Crippen LogP contribution in [-0.2, 0) is 4.79 Å². The van der Waals surface area contributed by atoms with E-state index in [9.17, 15) is 4.79 Å². The van der Waals surface area contributed by atoms with E-state index in [0.29, 0.717) is 28.5 Å². The highest BCUT2D eigenvalue weighted by Gasteiger charge is 2.30. The summed E-state index contributed by atoms with van der Waals surface area (Å²) in [6.45, 7) is 0. The predicted octanol–water partition coefficient (Wildman–Crippen LogP) is 2.24. The molecule has 7 nitrogen and oxygen atoms in total. The number of anilines is 2. The quantitative estimate of drug-likeness (QED) is 0.706. The lowest BCUT2D eigenvalue weighted by atomic mass is 10.1. The summed E-state index contributed by atoms with van der Waals surface area (Å²) < 4.78 is 1.90. The van der Waals surface area contributed by atoms with Crippen LogP contribution in [0.3, 0.4) is 0 Å². The molecule has 0 atom stereocenters. The van der Waals surface area contributed by atoms with Crippen LogP contribution in [0.1, 0.15) is 30.1 Å². The van der Waals surface area contributed by atoms with Crippen LogP contribution < -0.4 is 11.1 Å². The number of benzene rings is 1. The first kappa shape index (κ1) is 13.2. The summed E-state index contributed by atoms with van der Waals surface area (Å²) in [5, 5.41) is 8.23. The summed E-state index contributed by atoms with van der Waals surface area (Å²) >= 11 is 0. The standard InChI is InChI=1S/C17H14N6O/c18-15-14-13(22-23(9-5-6-9)16(14)20-8-19-15)7-11-10-3-1-2-4-12(10)21-17(11)24/h1-4,7-9H,5-6H2,(H,21,24)(H2,18,19,20)/b11-7+. The topological polar surface area (TPSA) is 98.7 Å². The van der Waals surface area contributed by atoms with Gasteiger partial charge in [-0.15, -0.1) is 0 Å². The van der Waals surface area contributed by atoms with Crippen LogP contribution in [0.15, 0.2) is 30.6 Å². The number of amides is 1. The molecule has 1 amide bonds. The molecule has 0 spiro atoms. The van der Waals surface area contributed by atoms with Gasteiger partial charge in [0.1, 0.15) is 12.1 Å². The maximum Gasteiger partial charge on any atom is 0.256 e. The van der Waals surface area contributed by atoms with Gasteiger partial charge in [0.05, 0.1) is 22.7 Å². The van der Waals surface area contributed by atoms with Gasteiger partial charge in [0.25, 0.3) is 5.91 Å². The Balaban J connectivity index is 1.74. The molecular weight excluding hydrogens is 304 g/mol. The van der Waals surface area contributed by atoms with Crippen molar-refractivity contribution in [2.24, 2.45) is 0 Å². The molecule has 7 heteroatoms. The zero-order valence-corrected chi connectivity index (χ0v) is 12.7. The van der Waals surface area contributed by atoms with Gasteiger partial charge >= 0.3 is 0 Å². The summed E-state index contributed by atoms with van der Waals surface area (Å²) in [7, 11) is 0. The van der Waals surface area contributed by atoms with E-state index in [-0.39, 0.29) is 5.91 Å². The molecule has 2 aliphatic rings. The molecule has 3 N–H and O–H groups in total. The van der Waals surface area contributed by atoms with Crippen molar-refractivity contribution < 1.29 is 4.79 Å². The first-order chi connectivity index (χ1) is 11.7. The van der Waals surface area contributed by atoms with E-state index in [0.717, 1.165) is 29.7 Å². The van der Waals surface area contributed by atoms with Crippen molar-refractivity contribution in [1.29, 1.82) is 0 Å². The van der Waals surface area contributed by atoms with Crippen molar-refractivity contribution in [2.45, 2.75) is 18.9 Å². The van der Waals surface area contributed by atoms with E-state index in [2.05, 4.69) is 20.4 Å². The van der Waals surface area contributed by atoms with E-state index in [1.54, 1.807) is 6.08 Å². The van der Waals surface area contributed by atoms with Crippen LogP contribution in [-0.4, -0.2) is 25.7 Å². The van der Waals surface area contributed by atoms with E-state index < -0.39 is 0 Å². The summed E-state index contributed by atoms with van der Waals surface area (Å²) in [4.78, 5) is 20.8. The largest absolute Gasteiger partial charge is 0.383 e. The van der Waals surface area contributed by atoms with Crippen LogP contribution in [0.2, 0.25) is 0 Å². The minimum absolute atomic E-state index is 0.138. The second-order valence-corrected chi connectivity index (χ2v) is 6.08. The van der Waals surface area contributed by atoms with Crippen LogP contribution in [0.5, 0.6) is 0 Å². The fourth-order valence-electron chi connectivity index (χ4n) is 3.12. The first-order valence-corrected chi connectivity index (χ1v) is 7.83. The van der Waals surface area contributed by atoms with Gasteiger partial charge in [-0.3, -0.25) is 4.79 Å². The van der Waals surface area contributed by atoms with Crippen LogP contribution in [0.4, 0.5) is 11.5 Å². The van der Waals surface area contributed by atoms with Gasteiger partial charge in [-0.2, -0.15) is 5.10 Å². The fraction of sp³-hybridized carbons (Fsp3) is 0.176. The van der Waals surface area contributed by atoms with Crippen molar-refractivity contribution in [1.82, 2.24) is 19.7 Å². The molecule has 0 radical (unpaired) electrons. The van der Waals surface area contributed by atoms with Gasteiger partial charge in [-0.1, -0.05) is 18.2 Å². The second-order valence-electron chi connectivity index (χ2n) is 6.08. The van der Waals surface area contributed by atoms with E-state index in [1.807, 2.05) is 28.9 Å². The Labute approximate surface area is 137 Å². The minimum Gasteiger partial charge on any atom is -0.383 e. The zero-order valence-electron chi connectivity index (χ0n) is 12.7. The number of para-hydroxylation sites is 1.